The Labute approximate surface area is 119 Å². The Balaban J connectivity index is 1.72. The van der Waals surface area contributed by atoms with E-state index in [-0.39, 0.29) is 0 Å². The van der Waals surface area contributed by atoms with E-state index in [0.717, 1.165) is 18.7 Å². The molecule has 1 aliphatic rings. The first-order valence-corrected chi connectivity index (χ1v) is 6.99. The quantitative estimate of drug-likeness (QED) is 0.895. The van der Waals surface area contributed by atoms with E-state index in [2.05, 4.69) is 34.6 Å². The molecule has 104 valence electrons. The van der Waals surface area contributed by atoms with Gasteiger partial charge in [-0.15, -0.1) is 0 Å². The van der Waals surface area contributed by atoms with Crippen molar-refractivity contribution in [3.63, 3.8) is 0 Å². The van der Waals surface area contributed by atoms with Gasteiger partial charge in [0.25, 0.3) is 0 Å². The molecule has 1 aromatic heterocycles. The zero-order valence-corrected chi connectivity index (χ0v) is 11.6. The lowest BCUT2D eigenvalue weighted by Gasteiger charge is -2.14. The van der Waals surface area contributed by atoms with Gasteiger partial charge in [0.15, 0.2) is 0 Å². The van der Waals surface area contributed by atoms with E-state index in [1.165, 1.54) is 11.1 Å². The number of fused-ring (bicyclic) bond motifs is 1. The van der Waals surface area contributed by atoms with Gasteiger partial charge in [0.05, 0.1) is 12.3 Å². The molecule has 0 bridgehead atoms. The van der Waals surface area contributed by atoms with Crippen LogP contribution in [-0.4, -0.2) is 17.6 Å². The molecule has 0 aliphatic heterocycles. The van der Waals surface area contributed by atoms with Crippen LogP contribution in [0, 0.1) is 0 Å². The van der Waals surface area contributed by atoms with Gasteiger partial charge in [0, 0.05) is 6.04 Å². The summed E-state index contributed by atoms with van der Waals surface area (Å²) in [6, 6.07) is 12.7. The second kappa shape index (κ2) is 5.41. The second-order valence-corrected chi connectivity index (χ2v) is 5.04. The van der Waals surface area contributed by atoms with Gasteiger partial charge in [-0.05, 0) is 43.0 Å². The third-order valence-electron chi connectivity index (χ3n) is 3.57. The Kier molecular flexibility index (Phi) is 3.46. The molecule has 0 saturated carbocycles. The number of rotatable bonds is 4. The summed E-state index contributed by atoms with van der Waals surface area (Å²) in [7, 11) is 0. The molecular formula is C16H19N3O. The summed E-state index contributed by atoms with van der Waals surface area (Å²) >= 11 is 0. The smallest absolute Gasteiger partial charge is 0.239 e. The summed E-state index contributed by atoms with van der Waals surface area (Å²) in [5.74, 6) is 1.33. The van der Waals surface area contributed by atoms with Gasteiger partial charge in [-0.25, -0.2) is 0 Å². The van der Waals surface area contributed by atoms with Crippen LogP contribution in [0.4, 0.5) is 11.5 Å². The van der Waals surface area contributed by atoms with Gasteiger partial charge in [0.2, 0.25) is 5.88 Å². The number of nitrogens with zero attached hydrogens (tertiary/aromatic N) is 1. The molecular weight excluding hydrogens is 250 g/mol. The van der Waals surface area contributed by atoms with Crippen LogP contribution in [0.1, 0.15) is 18.1 Å². The van der Waals surface area contributed by atoms with E-state index in [1.54, 1.807) is 0 Å². The normalized spacial score (nSPS) is 14.1. The van der Waals surface area contributed by atoms with E-state index in [4.69, 9.17) is 10.5 Å². The number of hydrogen-bond acceptors (Lipinski definition) is 4. The number of nitrogen functional groups attached to an aromatic ring is 1. The van der Waals surface area contributed by atoms with Crippen LogP contribution in [0.3, 0.4) is 0 Å². The molecule has 20 heavy (non-hydrogen) atoms. The SMILES string of the molecule is CCOc1nc(NC2Cc3ccccc3C2)ccc1N. The van der Waals surface area contributed by atoms with Crippen molar-refractivity contribution in [1.82, 2.24) is 4.98 Å². The van der Waals surface area contributed by atoms with Crippen molar-refractivity contribution in [2.45, 2.75) is 25.8 Å². The Hall–Kier alpha value is -2.23. The van der Waals surface area contributed by atoms with Gasteiger partial charge < -0.3 is 15.8 Å². The van der Waals surface area contributed by atoms with Gasteiger partial charge in [-0.2, -0.15) is 4.98 Å². The highest BCUT2D eigenvalue weighted by Gasteiger charge is 2.21. The number of anilines is 2. The maximum absolute atomic E-state index is 5.84. The first-order chi connectivity index (χ1) is 9.76. The Bertz CT molecular complexity index is 587. The predicted molar refractivity (Wildman–Crippen MR) is 81.1 cm³/mol. The van der Waals surface area contributed by atoms with Crippen molar-refractivity contribution in [1.29, 1.82) is 0 Å². The third kappa shape index (κ3) is 2.54. The van der Waals surface area contributed by atoms with Crippen molar-refractivity contribution >= 4 is 11.5 Å². The molecule has 0 atom stereocenters. The number of nitrogens with two attached hydrogens (primary N) is 1. The summed E-state index contributed by atoms with van der Waals surface area (Å²) in [5.41, 5.74) is 9.26. The average Bonchev–Trinajstić information content (AvgIpc) is 2.85. The molecule has 1 aromatic carbocycles. The molecule has 0 unspecified atom stereocenters. The average molecular weight is 269 g/mol. The third-order valence-corrected chi connectivity index (χ3v) is 3.57. The minimum atomic E-state index is 0.387. The largest absolute Gasteiger partial charge is 0.476 e. The summed E-state index contributed by atoms with van der Waals surface area (Å²) in [6.07, 6.45) is 2.07. The van der Waals surface area contributed by atoms with Crippen molar-refractivity contribution in [2.75, 3.05) is 17.7 Å². The molecule has 0 fully saturated rings. The zero-order chi connectivity index (χ0) is 13.9. The van der Waals surface area contributed by atoms with Crippen LogP contribution in [0.5, 0.6) is 5.88 Å². The highest BCUT2D eigenvalue weighted by Crippen LogP contribution is 2.26. The number of pyridine rings is 1. The minimum absolute atomic E-state index is 0.387. The van der Waals surface area contributed by atoms with E-state index >= 15 is 0 Å². The molecule has 2 aromatic rings. The summed E-state index contributed by atoms with van der Waals surface area (Å²) in [6.45, 7) is 2.49. The maximum atomic E-state index is 5.84. The molecule has 0 spiro atoms. The zero-order valence-electron chi connectivity index (χ0n) is 11.6. The molecule has 4 heteroatoms. The highest BCUT2D eigenvalue weighted by molar-refractivity contribution is 5.54. The van der Waals surface area contributed by atoms with Gasteiger partial charge in [-0.1, -0.05) is 24.3 Å². The topological polar surface area (TPSA) is 60.2 Å². The molecule has 3 rings (SSSR count). The fourth-order valence-electron chi connectivity index (χ4n) is 2.65. The second-order valence-electron chi connectivity index (χ2n) is 5.04. The van der Waals surface area contributed by atoms with Crippen LogP contribution in [0.25, 0.3) is 0 Å². The lowest BCUT2D eigenvalue weighted by molar-refractivity contribution is 0.329. The van der Waals surface area contributed by atoms with Crippen LogP contribution >= 0.6 is 0 Å². The molecule has 3 N–H and O–H groups in total. The van der Waals surface area contributed by atoms with Gasteiger partial charge in [0.1, 0.15) is 5.82 Å². The number of ether oxygens (including phenoxy) is 1. The fourth-order valence-corrected chi connectivity index (χ4v) is 2.65. The van der Waals surface area contributed by atoms with Crippen molar-refractivity contribution < 1.29 is 4.74 Å². The minimum Gasteiger partial charge on any atom is -0.476 e. The highest BCUT2D eigenvalue weighted by atomic mass is 16.5. The Morgan fingerprint density at radius 2 is 1.90 bits per heavy atom. The standard InChI is InChI=1S/C16H19N3O/c1-2-20-16-14(17)7-8-15(19-16)18-13-9-11-5-3-4-6-12(11)10-13/h3-8,13H,2,9-10,17H2,1H3,(H,18,19). The number of nitrogens with one attached hydrogen (secondary N) is 1. The van der Waals surface area contributed by atoms with Crippen LogP contribution in [0.2, 0.25) is 0 Å². The van der Waals surface area contributed by atoms with E-state index in [9.17, 15) is 0 Å². The maximum Gasteiger partial charge on any atom is 0.239 e. The molecule has 0 radical (unpaired) electrons. The van der Waals surface area contributed by atoms with Gasteiger partial charge in [-0.3, -0.25) is 0 Å². The van der Waals surface area contributed by atoms with Crippen molar-refractivity contribution in [3.8, 4) is 5.88 Å². The summed E-state index contributed by atoms with van der Waals surface area (Å²) in [5, 5.41) is 3.47. The van der Waals surface area contributed by atoms with Gasteiger partial charge >= 0.3 is 0 Å². The molecule has 1 heterocycles. The van der Waals surface area contributed by atoms with E-state index in [0.29, 0.717) is 24.2 Å². The molecule has 4 nitrogen and oxygen atoms in total. The number of aromatic nitrogens is 1. The first kappa shape index (κ1) is 12.8. The van der Waals surface area contributed by atoms with E-state index < -0.39 is 0 Å². The van der Waals surface area contributed by atoms with Crippen LogP contribution in [-0.2, 0) is 12.8 Å². The number of benzene rings is 1. The summed E-state index contributed by atoms with van der Waals surface area (Å²) < 4.78 is 5.43. The molecule has 0 saturated heterocycles. The Morgan fingerprint density at radius 1 is 1.20 bits per heavy atom. The predicted octanol–water partition coefficient (Wildman–Crippen LogP) is 2.64. The summed E-state index contributed by atoms with van der Waals surface area (Å²) in [4.78, 5) is 4.43. The first-order valence-electron chi connectivity index (χ1n) is 6.99. The molecule has 1 aliphatic carbocycles. The van der Waals surface area contributed by atoms with Crippen LogP contribution in [0.15, 0.2) is 36.4 Å². The number of hydrogen-bond donors (Lipinski definition) is 2. The molecule has 0 amide bonds. The van der Waals surface area contributed by atoms with Crippen molar-refractivity contribution in [2.24, 2.45) is 0 Å². The lowest BCUT2D eigenvalue weighted by Crippen LogP contribution is -2.20. The fraction of sp³-hybridized carbons (Fsp3) is 0.312. The van der Waals surface area contributed by atoms with E-state index in [1.807, 2.05) is 19.1 Å². The lowest BCUT2D eigenvalue weighted by atomic mass is 10.1. The monoisotopic (exact) mass is 269 g/mol. The Morgan fingerprint density at radius 3 is 2.55 bits per heavy atom. The van der Waals surface area contributed by atoms with Crippen LogP contribution < -0.4 is 15.8 Å². The van der Waals surface area contributed by atoms with Crippen molar-refractivity contribution in [3.05, 3.63) is 47.5 Å².